The van der Waals surface area contributed by atoms with Crippen molar-refractivity contribution in [1.29, 1.82) is 0 Å². The van der Waals surface area contributed by atoms with Gasteiger partial charge in [-0.15, -0.1) is 0 Å². The van der Waals surface area contributed by atoms with Gasteiger partial charge >= 0.3 is 8.60 Å². The third-order valence-corrected chi connectivity index (χ3v) is 6.59. The zero-order chi connectivity index (χ0) is 22.2. The summed E-state index contributed by atoms with van der Waals surface area (Å²) in [7, 11) is -0.588. The van der Waals surface area contributed by atoms with Gasteiger partial charge in [0.25, 0.3) is 0 Å². The van der Waals surface area contributed by atoms with Crippen LogP contribution in [-0.2, 0) is 23.3 Å². The van der Waals surface area contributed by atoms with Crippen LogP contribution in [0.4, 0.5) is 10.2 Å². The van der Waals surface area contributed by atoms with Crippen molar-refractivity contribution in [3.05, 3.63) is 12.7 Å². The molecular formula is C18H27FN5O6P. The Kier molecular flexibility index (Phi) is 6.68. The number of fused-ring (bicyclic) bond motifs is 1. The fourth-order valence-electron chi connectivity index (χ4n) is 3.91. The van der Waals surface area contributed by atoms with Crippen LogP contribution in [0.1, 0.15) is 26.5 Å². The number of nitrogens with two attached hydrogens (primary N) is 1. The van der Waals surface area contributed by atoms with Gasteiger partial charge in [-0.25, -0.2) is 19.3 Å². The second-order valence-corrected chi connectivity index (χ2v) is 9.04. The molecule has 1 unspecified atom stereocenters. The van der Waals surface area contributed by atoms with E-state index in [1.165, 1.54) is 17.2 Å². The Morgan fingerprint density at radius 1 is 1.39 bits per heavy atom. The smallest absolute Gasteiger partial charge is 0.330 e. The molecule has 0 aromatic carbocycles. The predicted molar refractivity (Wildman–Crippen MR) is 109 cm³/mol. The maximum Gasteiger partial charge on any atom is 0.330 e. The van der Waals surface area contributed by atoms with Gasteiger partial charge in [-0.05, 0) is 6.92 Å². The van der Waals surface area contributed by atoms with Gasteiger partial charge in [0, 0.05) is 19.4 Å². The summed E-state index contributed by atoms with van der Waals surface area (Å²) in [4.78, 5) is 22.5. The van der Waals surface area contributed by atoms with E-state index in [2.05, 4.69) is 15.0 Å². The summed E-state index contributed by atoms with van der Waals surface area (Å²) >= 11 is 0. The molecule has 4 rings (SSSR count). The van der Waals surface area contributed by atoms with Crippen molar-refractivity contribution in [3.8, 4) is 0 Å². The highest BCUT2D eigenvalue weighted by Gasteiger charge is 2.45. The molecule has 0 aliphatic carbocycles. The zero-order valence-electron chi connectivity index (χ0n) is 17.5. The summed E-state index contributed by atoms with van der Waals surface area (Å²) in [6.45, 7) is 4.33. The number of hydrogen-bond donors (Lipinski definition) is 2. The van der Waals surface area contributed by atoms with Crippen molar-refractivity contribution in [2.75, 3.05) is 32.7 Å². The first-order valence-electron chi connectivity index (χ1n) is 9.95. The van der Waals surface area contributed by atoms with Crippen LogP contribution in [0.25, 0.3) is 11.2 Å². The summed E-state index contributed by atoms with van der Waals surface area (Å²) in [6, 6.07) is 0. The zero-order valence-corrected chi connectivity index (χ0v) is 18.4. The molecule has 2 saturated heterocycles. The molecule has 11 nitrogen and oxygen atoms in total. The minimum atomic E-state index is -2.19. The molecule has 2 fully saturated rings. The number of rotatable bonds is 8. The largest absolute Gasteiger partial charge is 0.382 e. The van der Waals surface area contributed by atoms with Gasteiger partial charge in [0.1, 0.15) is 17.4 Å². The van der Waals surface area contributed by atoms with Crippen molar-refractivity contribution in [2.24, 2.45) is 5.92 Å². The van der Waals surface area contributed by atoms with Crippen molar-refractivity contribution < 1.29 is 32.5 Å². The lowest BCUT2D eigenvalue weighted by atomic mass is 10.0. The SMILES string of the molecule is COC[C@@H]1C[C@](C)(OP(O)OC[C@H]2O[C@@H](n3cnc4c(N)ncnc43)[C@H](F)[C@@H]2C)CO1. The van der Waals surface area contributed by atoms with Gasteiger partial charge in [0.05, 0.1) is 38.4 Å². The minimum Gasteiger partial charge on any atom is -0.382 e. The van der Waals surface area contributed by atoms with Gasteiger partial charge in [-0.3, -0.25) is 4.57 Å². The Bertz CT molecular complexity index is 907. The van der Waals surface area contributed by atoms with Crippen LogP contribution < -0.4 is 5.73 Å². The molecule has 0 amide bonds. The highest BCUT2D eigenvalue weighted by atomic mass is 31.2. The molecule has 0 saturated carbocycles. The molecule has 7 atom stereocenters. The fraction of sp³-hybridized carbons (Fsp3) is 0.722. The molecule has 172 valence electrons. The molecule has 2 aromatic heterocycles. The Morgan fingerprint density at radius 3 is 2.97 bits per heavy atom. The lowest BCUT2D eigenvalue weighted by Crippen LogP contribution is -2.29. The lowest BCUT2D eigenvalue weighted by Gasteiger charge is -2.25. The van der Waals surface area contributed by atoms with Crippen LogP contribution >= 0.6 is 8.60 Å². The van der Waals surface area contributed by atoms with Crippen LogP contribution in [0.15, 0.2) is 12.7 Å². The number of imidazole rings is 1. The van der Waals surface area contributed by atoms with E-state index in [1.54, 1.807) is 14.0 Å². The number of nitrogen functional groups attached to an aromatic ring is 1. The van der Waals surface area contributed by atoms with E-state index in [0.717, 1.165) is 0 Å². The maximum absolute atomic E-state index is 15.0. The standard InChI is InChI=1S/C18H27FN5O6P/c1-10-12(6-28-31(25)30-18(2)4-11(5-26-3)27-7-18)29-17(13(10)19)24-9-23-14-15(20)21-8-22-16(14)24/h8-13,17,25H,4-7H2,1-3H3,(H2,20,21,22)/t10-,11+,12-,13-,17-,18+,31?/m1/s1. The molecule has 31 heavy (non-hydrogen) atoms. The summed E-state index contributed by atoms with van der Waals surface area (Å²) in [5, 5.41) is 0. The third kappa shape index (κ3) is 4.65. The Hall–Kier alpha value is -1.53. The van der Waals surface area contributed by atoms with Crippen LogP contribution in [0.2, 0.25) is 0 Å². The number of aromatic nitrogens is 4. The Balaban J connectivity index is 1.35. The van der Waals surface area contributed by atoms with Gasteiger partial charge < -0.3 is 33.9 Å². The first kappa shape index (κ1) is 22.7. The van der Waals surface area contributed by atoms with Crippen molar-refractivity contribution in [3.63, 3.8) is 0 Å². The van der Waals surface area contributed by atoms with E-state index in [1.807, 2.05) is 6.92 Å². The van der Waals surface area contributed by atoms with Crippen LogP contribution in [0.3, 0.4) is 0 Å². The van der Waals surface area contributed by atoms with E-state index in [0.29, 0.717) is 30.8 Å². The highest BCUT2D eigenvalue weighted by Crippen LogP contribution is 2.45. The minimum absolute atomic E-state index is 0.0253. The third-order valence-electron chi connectivity index (χ3n) is 5.62. The number of ether oxygens (including phenoxy) is 3. The monoisotopic (exact) mass is 459 g/mol. The van der Waals surface area contributed by atoms with Gasteiger partial charge in [-0.1, -0.05) is 6.92 Å². The average Bonchev–Trinajstić information content (AvgIpc) is 3.39. The van der Waals surface area contributed by atoms with Gasteiger partial charge in [0.2, 0.25) is 0 Å². The molecule has 4 heterocycles. The number of nitrogens with zero attached hydrogens (tertiary/aromatic N) is 4. The van der Waals surface area contributed by atoms with Crippen LogP contribution in [0.5, 0.6) is 0 Å². The number of hydrogen-bond acceptors (Lipinski definition) is 10. The predicted octanol–water partition coefficient (Wildman–Crippen LogP) is 1.73. The molecular weight excluding hydrogens is 432 g/mol. The quantitative estimate of drug-likeness (QED) is 0.562. The topological polar surface area (TPSA) is 136 Å². The van der Waals surface area contributed by atoms with Gasteiger partial charge in [-0.2, -0.15) is 0 Å². The Morgan fingerprint density at radius 2 is 2.19 bits per heavy atom. The van der Waals surface area contributed by atoms with E-state index in [-0.39, 0.29) is 18.5 Å². The van der Waals surface area contributed by atoms with E-state index < -0.39 is 38.6 Å². The molecule has 3 N–H and O–H groups in total. The molecule has 0 radical (unpaired) electrons. The number of methoxy groups -OCH3 is 1. The molecule has 2 aliphatic heterocycles. The second kappa shape index (κ2) is 9.14. The molecule has 0 bridgehead atoms. The normalized spacial score (nSPS) is 34.5. The first-order chi connectivity index (χ1) is 14.8. The summed E-state index contributed by atoms with van der Waals surface area (Å²) in [5.74, 6) is -0.271. The maximum atomic E-state index is 15.0. The van der Waals surface area contributed by atoms with Gasteiger partial charge in [0.15, 0.2) is 23.9 Å². The second-order valence-electron chi connectivity index (χ2n) is 8.12. The number of halogens is 1. The first-order valence-corrected chi connectivity index (χ1v) is 11.1. The summed E-state index contributed by atoms with van der Waals surface area (Å²) in [6.07, 6.45) is 0.352. The highest BCUT2D eigenvalue weighted by molar-refractivity contribution is 7.40. The molecule has 2 aliphatic rings. The lowest BCUT2D eigenvalue weighted by molar-refractivity contribution is -0.0395. The van der Waals surface area contributed by atoms with E-state index in [9.17, 15) is 4.89 Å². The number of alkyl halides is 1. The van der Waals surface area contributed by atoms with Crippen LogP contribution in [-0.4, -0.2) is 75.3 Å². The van der Waals surface area contributed by atoms with Crippen molar-refractivity contribution in [2.45, 2.75) is 50.5 Å². The summed E-state index contributed by atoms with van der Waals surface area (Å²) < 4.78 is 44.3. The van der Waals surface area contributed by atoms with E-state index in [4.69, 9.17) is 29.0 Å². The molecule has 0 spiro atoms. The summed E-state index contributed by atoms with van der Waals surface area (Å²) in [5.41, 5.74) is 5.91. The van der Waals surface area contributed by atoms with Crippen molar-refractivity contribution in [1.82, 2.24) is 19.5 Å². The van der Waals surface area contributed by atoms with Crippen molar-refractivity contribution >= 4 is 25.6 Å². The molecule has 2 aromatic rings. The van der Waals surface area contributed by atoms with Crippen LogP contribution in [0, 0.1) is 5.92 Å². The fourth-order valence-corrected chi connectivity index (χ4v) is 4.74. The van der Waals surface area contributed by atoms with E-state index >= 15 is 4.39 Å². The molecule has 13 heteroatoms. The average molecular weight is 459 g/mol. The number of anilines is 1. The Labute approximate surface area is 180 Å².